The molecule has 1 aliphatic carbocycles. The molecule has 0 aromatic rings. The summed E-state index contributed by atoms with van der Waals surface area (Å²) in [5.41, 5.74) is 0.348. The normalized spacial score (nSPS) is 32.4. The first-order chi connectivity index (χ1) is 9.51. The van der Waals surface area contributed by atoms with Crippen LogP contribution in [0.5, 0.6) is 0 Å². The van der Waals surface area contributed by atoms with Gasteiger partial charge in [-0.1, -0.05) is 0 Å². The highest BCUT2D eigenvalue weighted by Gasteiger charge is 2.31. The van der Waals surface area contributed by atoms with Gasteiger partial charge in [-0.25, -0.2) is 0 Å². The largest absolute Gasteiger partial charge is 0.381 e. The monoisotopic (exact) mass is 282 g/mol. The van der Waals surface area contributed by atoms with E-state index in [1.807, 2.05) is 7.11 Å². The summed E-state index contributed by atoms with van der Waals surface area (Å²) in [7, 11) is 4.10. The maximum Gasteiger partial charge on any atom is 0.0571 e. The van der Waals surface area contributed by atoms with Crippen LogP contribution in [0.3, 0.4) is 0 Å². The van der Waals surface area contributed by atoms with Crippen LogP contribution in [-0.4, -0.2) is 61.8 Å². The Bertz CT molecular complexity index is 285. The van der Waals surface area contributed by atoms with Crippen LogP contribution < -0.4 is 0 Å². The van der Waals surface area contributed by atoms with Gasteiger partial charge in [0, 0.05) is 32.3 Å². The summed E-state index contributed by atoms with van der Waals surface area (Å²) in [5.74, 6) is 0.956. The molecule has 2 rings (SSSR count). The van der Waals surface area contributed by atoms with Gasteiger partial charge in [0.2, 0.25) is 0 Å². The van der Waals surface area contributed by atoms with Crippen molar-refractivity contribution in [1.82, 2.24) is 9.80 Å². The molecule has 0 bridgehead atoms. The van der Waals surface area contributed by atoms with Crippen LogP contribution in [0, 0.1) is 5.92 Å². The Morgan fingerprint density at radius 3 is 2.40 bits per heavy atom. The molecule has 0 radical (unpaired) electrons. The SMILES string of the molecule is CO[C@H]1CC[C@H](CCCN2CCN(C)CC2(C)C)CC1. The lowest BCUT2D eigenvalue weighted by molar-refractivity contribution is 0.0271. The first kappa shape index (κ1) is 16.3. The molecule has 3 heteroatoms. The zero-order valence-corrected chi connectivity index (χ0v) is 14.0. The summed E-state index contributed by atoms with van der Waals surface area (Å²) in [4.78, 5) is 5.16. The minimum absolute atomic E-state index is 0.348. The Morgan fingerprint density at radius 1 is 1.10 bits per heavy atom. The predicted molar refractivity (Wildman–Crippen MR) is 85.1 cm³/mol. The number of piperazine rings is 1. The zero-order valence-electron chi connectivity index (χ0n) is 14.0. The van der Waals surface area contributed by atoms with E-state index in [1.54, 1.807) is 0 Å². The van der Waals surface area contributed by atoms with Gasteiger partial charge in [0.05, 0.1) is 6.10 Å². The molecule has 1 aliphatic heterocycles. The summed E-state index contributed by atoms with van der Waals surface area (Å²) in [6, 6.07) is 0. The fourth-order valence-electron chi connectivity index (χ4n) is 4.08. The van der Waals surface area contributed by atoms with Crippen LogP contribution in [0.4, 0.5) is 0 Å². The van der Waals surface area contributed by atoms with Crippen molar-refractivity contribution in [2.75, 3.05) is 40.3 Å². The maximum atomic E-state index is 5.46. The first-order valence-corrected chi connectivity index (χ1v) is 8.47. The molecule has 1 saturated heterocycles. The number of rotatable bonds is 5. The first-order valence-electron chi connectivity index (χ1n) is 8.47. The second-order valence-electron chi connectivity index (χ2n) is 7.56. The molecule has 118 valence electrons. The van der Waals surface area contributed by atoms with E-state index >= 15 is 0 Å². The summed E-state index contributed by atoms with van der Waals surface area (Å²) < 4.78 is 5.46. The van der Waals surface area contributed by atoms with E-state index < -0.39 is 0 Å². The Morgan fingerprint density at radius 2 is 1.80 bits per heavy atom. The molecule has 1 heterocycles. The van der Waals surface area contributed by atoms with Gasteiger partial charge >= 0.3 is 0 Å². The lowest BCUT2D eigenvalue weighted by Gasteiger charge is -2.46. The minimum Gasteiger partial charge on any atom is -0.381 e. The van der Waals surface area contributed by atoms with Gasteiger partial charge in [0.15, 0.2) is 0 Å². The third-order valence-corrected chi connectivity index (χ3v) is 5.43. The number of methoxy groups -OCH3 is 1. The van der Waals surface area contributed by atoms with Crippen molar-refractivity contribution < 1.29 is 4.74 Å². The van der Waals surface area contributed by atoms with E-state index in [4.69, 9.17) is 4.74 Å². The average molecular weight is 282 g/mol. The Labute approximate surface area is 125 Å². The van der Waals surface area contributed by atoms with Crippen molar-refractivity contribution in [2.24, 2.45) is 5.92 Å². The van der Waals surface area contributed by atoms with E-state index in [1.165, 1.54) is 64.7 Å². The second kappa shape index (κ2) is 7.24. The van der Waals surface area contributed by atoms with Crippen molar-refractivity contribution in [1.29, 1.82) is 0 Å². The highest BCUT2D eigenvalue weighted by Crippen LogP contribution is 2.29. The van der Waals surface area contributed by atoms with E-state index in [0.717, 1.165) is 5.92 Å². The fourth-order valence-corrected chi connectivity index (χ4v) is 4.08. The van der Waals surface area contributed by atoms with Gasteiger partial charge in [-0.05, 0) is 71.9 Å². The summed E-state index contributed by atoms with van der Waals surface area (Å²) in [6.45, 7) is 9.73. The van der Waals surface area contributed by atoms with Crippen LogP contribution in [0.2, 0.25) is 0 Å². The summed E-state index contributed by atoms with van der Waals surface area (Å²) in [6.07, 6.45) is 8.65. The van der Waals surface area contributed by atoms with Gasteiger partial charge < -0.3 is 9.64 Å². The molecule has 20 heavy (non-hydrogen) atoms. The van der Waals surface area contributed by atoms with Crippen LogP contribution in [0.15, 0.2) is 0 Å². The molecule has 0 atom stereocenters. The molecular formula is C17H34N2O. The fraction of sp³-hybridized carbons (Fsp3) is 1.00. The van der Waals surface area contributed by atoms with Gasteiger partial charge in [-0.3, -0.25) is 4.90 Å². The van der Waals surface area contributed by atoms with E-state index in [0.29, 0.717) is 11.6 Å². The van der Waals surface area contributed by atoms with E-state index in [-0.39, 0.29) is 0 Å². The smallest absolute Gasteiger partial charge is 0.0571 e. The number of likely N-dealkylation sites (N-methyl/N-ethyl adjacent to an activating group) is 1. The molecule has 0 spiro atoms. The van der Waals surface area contributed by atoms with E-state index in [2.05, 4.69) is 30.7 Å². The molecule has 0 aromatic heterocycles. The second-order valence-corrected chi connectivity index (χ2v) is 7.56. The lowest BCUT2D eigenvalue weighted by Crippen LogP contribution is -2.58. The van der Waals surface area contributed by atoms with Crippen molar-refractivity contribution in [3.63, 3.8) is 0 Å². The van der Waals surface area contributed by atoms with Crippen molar-refractivity contribution in [3.8, 4) is 0 Å². The molecule has 0 aromatic carbocycles. The van der Waals surface area contributed by atoms with Gasteiger partial charge in [0.1, 0.15) is 0 Å². The Balaban J connectivity index is 1.66. The molecule has 2 aliphatic rings. The average Bonchev–Trinajstić information content (AvgIpc) is 2.41. The van der Waals surface area contributed by atoms with Crippen LogP contribution in [0.1, 0.15) is 52.4 Å². The number of hydrogen-bond acceptors (Lipinski definition) is 3. The highest BCUT2D eigenvalue weighted by atomic mass is 16.5. The van der Waals surface area contributed by atoms with Crippen molar-refractivity contribution >= 4 is 0 Å². The van der Waals surface area contributed by atoms with Crippen LogP contribution in [-0.2, 0) is 4.74 Å². The predicted octanol–water partition coefficient (Wildman–Crippen LogP) is 3.00. The molecule has 0 amide bonds. The minimum atomic E-state index is 0.348. The van der Waals surface area contributed by atoms with Crippen molar-refractivity contribution in [3.05, 3.63) is 0 Å². The molecule has 0 unspecified atom stereocenters. The Kier molecular flexibility index (Phi) is 5.88. The summed E-state index contributed by atoms with van der Waals surface area (Å²) >= 11 is 0. The molecule has 2 fully saturated rings. The zero-order chi connectivity index (χ0) is 14.6. The molecular weight excluding hydrogens is 248 g/mol. The Hall–Kier alpha value is -0.120. The molecule has 0 N–H and O–H groups in total. The topological polar surface area (TPSA) is 15.7 Å². The van der Waals surface area contributed by atoms with Crippen LogP contribution in [0.25, 0.3) is 0 Å². The summed E-state index contributed by atoms with van der Waals surface area (Å²) in [5, 5.41) is 0. The van der Waals surface area contributed by atoms with E-state index in [9.17, 15) is 0 Å². The number of ether oxygens (including phenoxy) is 1. The van der Waals surface area contributed by atoms with Gasteiger partial charge in [-0.15, -0.1) is 0 Å². The standard InChI is InChI=1S/C17H34N2O/c1-17(2)14-18(3)12-13-19(17)11-5-6-15-7-9-16(20-4)10-8-15/h15-16H,5-14H2,1-4H3/t15-,16-. The van der Waals surface area contributed by atoms with Gasteiger partial charge in [-0.2, -0.15) is 0 Å². The molecule has 3 nitrogen and oxygen atoms in total. The molecule has 1 saturated carbocycles. The van der Waals surface area contributed by atoms with Crippen LogP contribution >= 0.6 is 0 Å². The highest BCUT2D eigenvalue weighted by molar-refractivity contribution is 4.89. The third kappa shape index (κ3) is 4.44. The maximum absolute atomic E-state index is 5.46. The number of hydrogen-bond donors (Lipinski definition) is 0. The third-order valence-electron chi connectivity index (χ3n) is 5.43. The van der Waals surface area contributed by atoms with Gasteiger partial charge in [0.25, 0.3) is 0 Å². The van der Waals surface area contributed by atoms with Crippen molar-refractivity contribution in [2.45, 2.75) is 64.0 Å². The number of nitrogens with zero attached hydrogens (tertiary/aromatic N) is 2. The quantitative estimate of drug-likeness (QED) is 0.771. The lowest BCUT2D eigenvalue weighted by atomic mass is 9.84.